The number of aromatic nitrogens is 1. The van der Waals surface area contributed by atoms with Gasteiger partial charge in [0.1, 0.15) is 22.4 Å². The molecule has 0 aliphatic heterocycles. The van der Waals surface area contributed by atoms with Crippen LogP contribution in [0.25, 0.3) is 20.8 Å². The molecule has 1 heterocycles. The lowest BCUT2D eigenvalue weighted by molar-refractivity contribution is 0.451. The molecule has 24 heavy (non-hydrogen) atoms. The first-order valence-corrected chi connectivity index (χ1v) is 8.65. The summed E-state index contributed by atoms with van der Waals surface area (Å²) >= 11 is 1.26. The molecule has 0 saturated carbocycles. The number of phenols is 1. The summed E-state index contributed by atoms with van der Waals surface area (Å²) in [5.41, 5.74) is 2.12. The second-order valence-corrected chi connectivity index (χ2v) is 7.65. The number of halogens is 2. The molecule has 0 saturated heterocycles. The van der Waals surface area contributed by atoms with E-state index in [0.29, 0.717) is 26.4 Å². The number of thiazole rings is 1. The van der Waals surface area contributed by atoms with Gasteiger partial charge in [0.25, 0.3) is 0 Å². The summed E-state index contributed by atoms with van der Waals surface area (Å²) in [6.45, 7) is 7.85. The summed E-state index contributed by atoms with van der Waals surface area (Å²) < 4.78 is 28.9. The van der Waals surface area contributed by atoms with Gasteiger partial charge < -0.3 is 5.11 Å². The van der Waals surface area contributed by atoms with Gasteiger partial charge in [0, 0.05) is 6.07 Å². The molecule has 3 rings (SSSR count). The molecular weight excluding hydrogens is 328 g/mol. The molecule has 126 valence electrons. The summed E-state index contributed by atoms with van der Waals surface area (Å²) in [7, 11) is 0. The highest BCUT2D eigenvalue weighted by Gasteiger charge is 2.29. The molecule has 3 aromatic rings. The van der Waals surface area contributed by atoms with Crippen LogP contribution >= 0.6 is 11.3 Å². The predicted molar refractivity (Wildman–Crippen MR) is 94.7 cm³/mol. The van der Waals surface area contributed by atoms with Gasteiger partial charge in [0.15, 0.2) is 0 Å². The molecule has 2 aromatic carbocycles. The number of aromatic hydroxyl groups is 1. The van der Waals surface area contributed by atoms with E-state index in [4.69, 9.17) is 0 Å². The van der Waals surface area contributed by atoms with Crippen molar-refractivity contribution in [3.8, 4) is 16.3 Å². The Morgan fingerprint density at radius 3 is 2.58 bits per heavy atom. The molecule has 0 fully saturated rings. The normalized spacial score (nSPS) is 12.1. The molecule has 0 amide bonds. The van der Waals surface area contributed by atoms with Crippen molar-refractivity contribution >= 4 is 21.6 Å². The minimum Gasteiger partial charge on any atom is -0.508 e. The fraction of sp³-hybridized carbons (Fsp3) is 0.316. The number of hydrogen-bond donors (Lipinski definition) is 1. The lowest BCUT2D eigenvalue weighted by Crippen LogP contribution is -2.19. The summed E-state index contributed by atoms with van der Waals surface area (Å²) in [5, 5.41) is 10.6. The lowest BCUT2D eigenvalue weighted by atomic mass is 9.77. The molecule has 0 spiro atoms. The van der Waals surface area contributed by atoms with Crippen LogP contribution in [0.2, 0.25) is 0 Å². The summed E-state index contributed by atoms with van der Waals surface area (Å²) in [4.78, 5) is 4.49. The van der Waals surface area contributed by atoms with Crippen LogP contribution in [0.15, 0.2) is 24.3 Å². The van der Waals surface area contributed by atoms with Crippen molar-refractivity contribution in [2.75, 3.05) is 0 Å². The maximum Gasteiger partial charge on any atom is 0.137 e. The highest BCUT2D eigenvalue weighted by Crippen LogP contribution is 2.44. The monoisotopic (exact) mass is 347 g/mol. The van der Waals surface area contributed by atoms with Crippen molar-refractivity contribution in [3.05, 3.63) is 47.0 Å². The van der Waals surface area contributed by atoms with Crippen LogP contribution in [0.5, 0.6) is 5.75 Å². The van der Waals surface area contributed by atoms with Gasteiger partial charge in [-0.05, 0) is 48.1 Å². The molecule has 0 radical (unpaired) electrons. The second kappa shape index (κ2) is 5.81. The van der Waals surface area contributed by atoms with Gasteiger partial charge in [0.05, 0.1) is 15.8 Å². The molecule has 0 aliphatic carbocycles. The van der Waals surface area contributed by atoms with Gasteiger partial charge in [-0.3, -0.25) is 0 Å². The van der Waals surface area contributed by atoms with Gasteiger partial charge in [-0.25, -0.2) is 13.8 Å². The third-order valence-electron chi connectivity index (χ3n) is 4.64. The average molecular weight is 347 g/mol. The molecule has 0 aliphatic rings. The number of fused-ring (bicyclic) bond motifs is 1. The van der Waals surface area contributed by atoms with Gasteiger partial charge in [-0.15, -0.1) is 11.3 Å². The van der Waals surface area contributed by atoms with Crippen LogP contribution in [0.1, 0.15) is 38.3 Å². The topological polar surface area (TPSA) is 33.1 Å². The van der Waals surface area contributed by atoms with Crippen LogP contribution in [0.3, 0.4) is 0 Å². The van der Waals surface area contributed by atoms with E-state index in [1.165, 1.54) is 23.5 Å². The quantitative estimate of drug-likeness (QED) is 0.636. The van der Waals surface area contributed by atoms with Gasteiger partial charge in [-0.2, -0.15) is 0 Å². The molecule has 5 heteroatoms. The first-order valence-electron chi connectivity index (χ1n) is 7.83. The summed E-state index contributed by atoms with van der Waals surface area (Å²) in [6.07, 6.45) is 0.781. The first kappa shape index (κ1) is 16.8. The molecular formula is C19H19F2NOS. The maximum atomic E-state index is 14.8. The largest absolute Gasteiger partial charge is 0.508 e. The van der Waals surface area contributed by atoms with Crippen molar-refractivity contribution in [3.63, 3.8) is 0 Å². The number of nitrogens with zero attached hydrogens (tertiary/aromatic N) is 1. The Kier molecular flexibility index (Phi) is 4.08. The zero-order valence-corrected chi connectivity index (χ0v) is 14.9. The molecule has 0 atom stereocenters. The van der Waals surface area contributed by atoms with Gasteiger partial charge in [-0.1, -0.05) is 20.8 Å². The van der Waals surface area contributed by atoms with E-state index in [2.05, 4.69) is 4.98 Å². The van der Waals surface area contributed by atoms with E-state index in [1.807, 2.05) is 20.8 Å². The van der Waals surface area contributed by atoms with E-state index < -0.39 is 5.82 Å². The molecule has 2 nitrogen and oxygen atoms in total. The summed E-state index contributed by atoms with van der Waals surface area (Å²) in [5.74, 6) is -0.900. The van der Waals surface area contributed by atoms with Crippen molar-refractivity contribution in [2.45, 2.75) is 39.5 Å². The zero-order chi connectivity index (χ0) is 17.6. The van der Waals surface area contributed by atoms with Crippen molar-refractivity contribution in [2.24, 2.45) is 0 Å². The number of benzene rings is 2. The Morgan fingerprint density at radius 2 is 1.92 bits per heavy atom. The summed E-state index contributed by atoms with van der Waals surface area (Å²) in [6, 6.07) is 5.49. The van der Waals surface area contributed by atoms with E-state index in [9.17, 15) is 13.9 Å². The fourth-order valence-corrected chi connectivity index (χ4v) is 4.02. The standard InChI is InChI=1S/C19H19F2NOS/c1-5-19(3,4)17-10(2)14(23)9-12(21)16(17)18-22-13-7-6-11(20)8-15(13)24-18/h6-9,23H,5H2,1-4H3. The minimum atomic E-state index is -0.505. The van der Waals surface area contributed by atoms with Gasteiger partial charge in [0.2, 0.25) is 0 Å². The third kappa shape index (κ3) is 2.67. The first-order chi connectivity index (χ1) is 11.2. The average Bonchev–Trinajstić information content (AvgIpc) is 2.92. The third-order valence-corrected chi connectivity index (χ3v) is 5.67. The molecule has 0 bridgehead atoms. The highest BCUT2D eigenvalue weighted by molar-refractivity contribution is 7.21. The Balaban J connectivity index is 2.35. The number of hydrogen-bond acceptors (Lipinski definition) is 3. The Bertz CT molecular complexity index is 931. The molecule has 0 unspecified atom stereocenters. The Labute approximate surface area is 143 Å². The molecule has 1 N–H and O–H groups in total. The van der Waals surface area contributed by atoms with E-state index >= 15 is 0 Å². The van der Waals surface area contributed by atoms with Crippen molar-refractivity contribution < 1.29 is 13.9 Å². The smallest absolute Gasteiger partial charge is 0.137 e. The van der Waals surface area contributed by atoms with E-state index in [1.54, 1.807) is 13.0 Å². The lowest BCUT2D eigenvalue weighted by Gasteiger charge is -2.28. The maximum absolute atomic E-state index is 14.8. The Morgan fingerprint density at radius 1 is 1.21 bits per heavy atom. The zero-order valence-electron chi connectivity index (χ0n) is 14.1. The van der Waals surface area contributed by atoms with Crippen LogP contribution in [0, 0.1) is 18.6 Å². The fourth-order valence-electron chi connectivity index (χ4n) is 2.97. The second-order valence-electron chi connectivity index (χ2n) is 6.62. The van der Waals surface area contributed by atoms with Crippen molar-refractivity contribution in [1.29, 1.82) is 0 Å². The highest BCUT2D eigenvalue weighted by atomic mass is 32.1. The SMILES string of the molecule is CCC(C)(C)c1c(C)c(O)cc(F)c1-c1nc2ccc(F)cc2s1. The van der Waals surface area contributed by atoms with Crippen LogP contribution in [-0.4, -0.2) is 10.1 Å². The number of phenolic OH excluding ortho intramolecular Hbond substituents is 1. The van der Waals surface area contributed by atoms with E-state index in [0.717, 1.165) is 18.1 Å². The predicted octanol–water partition coefficient (Wildman–Crippen LogP) is 5.94. The van der Waals surface area contributed by atoms with Gasteiger partial charge >= 0.3 is 0 Å². The Hall–Kier alpha value is -2.01. The van der Waals surface area contributed by atoms with E-state index in [-0.39, 0.29) is 17.0 Å². The van der Waals surface area contributed by atoms with Crippen molar-refractivity contribution in [1.82, 2.24) is 4.98 Å². The van der Waals surface area contributed by atoms with Crippen LogP contribution in [0.4, 0.5) is 8.78 Å². The minimum absolute atomic E-state index is 0.0556. The van der Waals surface area contributed by atoms with Crippen LogP contribution < -0.4 is 0 Å². The van der Waals surface area contributed by atoms with Crippen LogP contribution in [-0.2, 0) is 5.41 Å². The molecule has 1 aromatic heterocycles. The number of rotatable bonds is 3.